The minimum Gasteiger partial charge on any atom is -0.493 e. The second-order valence-corrected chi connectivity index (χ2v) is 7.53. The van der Waals surface area contributed by atoms with Gasteiger partial charge in [-0.1, -0.05) is 0 Å². The fourth-order valence-electron chi connectivity index (χ4n) is 2.94. The third kappa shape index (κ3) is 3.87. The van der Waals surface area contributed by atoms with E-state index in [1.807, 2.05) is 25.1 Å². The molecule has 30 heavy (non-hydrogen) atoms. The SMILES string of the molecule is COc1ccc(-c2nc(NC(=O)c3ccc(-n4ccnc4)nc3)sc2C)cc1OC. The van der Waals surface area contributed by atoms with Crippen LogP contribution in [0.25, 0.3) is 17.1 Å². The van der Waals surface area contributed by atoms with Gasteiger partial charge in [0.05, 0.1) is 25.5 Å². The second kappa shape index (κ2) is 8.34. The van der Waals surface area contributed by atoms with Crippen LogP contribution >= 0.6 is 11.3 Å². The number of nitrogens with one attached hydrogen (secondary N) is 1. The molecule has 0 spiro atoms. The molecule has 0 fully saturated rings. The van der Waals surface area contributed by atoms with Crippen molar-refractivity contribution in [3.63, 3.8) is 0 Å². The molecular weight excluding hydrogens is 402 g/mol. The topological polar surface area (TPSA) is 91.2 Å². The van der Waals surface area contributed by atoms with E-state index in [2.05, 4.69) is 20.3 Å². The maximum Gasteiger partial charge on any atom is 0.259 e. The number of benzene rings is 1. The van der Waals surface area contributed by atoms with Crippen LogP contribution in [0.3, 0.4) is 0 Å². The van der Waals surface area contributed by atoms with E-state index in [-0.39, 0.29) is 5.91 Å². The fourth-order valence-corrected chi connectivity index (χ4v) is 3.77. The number of carbonyl (C=O) groups excluding carboxylic acids is 1. The number of amides is 1. The van der Waals surface area contributed by atoms with Crippen LogP contribution in [-0.2, 0) is 0 Å². The number of methoxy groups -OCH3 is 2. The average Bonchev–Trinajstić information content (AvgIpc) is 3.43. The zero-order valence-corrected chi connectivity index (χ0v) is 17.4. The van der Waals surface area contributed by atoms with Gasteiger partial charge in [0.2, 0.25) is 0 Å². The van der Waals surface area contributed by atoms with Crippen LogP contribution in [-0.4, -0.2) is 39.6 Å². The van der Waals surface area contributed by atoms with Crippen molar-refractivity contribution in [2.45, 2.75) is 6.92 Å². The zero-order valence-electron chi connectivity index (χ0n) is 16.6. The predicted molar refractivity (Wildman–Crippen MR) is 115 cm³/mol. The van der Waals surface area contributed by atoms with Crippen LogP contribution in [0.4, 0.5) is 5.13 Å². The number of hydrogen-bond acceptors (Lipinski definition) is 7. The summed E-state index contributed by atoms with van der Waals surface area (Å²) in [4.78, 5) is 26.5. The molecule has 0 bridgehead atoms. The maximum atomic E-state index is 12.6. The van der Waals surface area contributed by atoms with Crippen molar-refractivity contribution in [3.05, 3.63) is 65.7 Å². The summed E-state index contributed by atoms with van der Waals surface area (Å²) < 4.78 is 12.4. The van der Waals surface area contributed by atoms with Crippen LogP contribution in [0.1, 0.15) is 15.2 Å². The number of carbonyl (C=O) groups is 1. The first kappa shape index (κ1) is 19.6. The van der Waals surface area contributed by atoms with Crippen LogP contribution in [0, 0.1) is 6.92 Å². The van der Waals surface area contributed by atoms with Gasteiger partial charge < -0.3 is 9.47 Å². The largest absolute Gasteiger partial charge is 0.493 e. The predicted octanol–water partition coefficient (Wildman–Crippen LogP) is 3.97. The molecule has 1 amide bonds. The zero-order chi connectivity index (χ0) is 21.1. The summed E-state index contributed by atoms with van der Waals surface area (Å²) in [6.07, 6.45) is 6.63. The molecule has 4 rings (SSSR count). The Bertz CT molecular complexity index is 1170. The van der Waals surface area contributed by atoms with Gasteiger partial charge in [-0.2, -0.15) is 0 Å². The molecule has 0 radical (unpaired) electrons. The summed E-state index contributed by atoms with van der Waals surface area (Å²) in [5.41, 5.74) is 2.11. The van der Waals surface area contributed by atoms with E-state index in [9.17, 15) is 4.79 Å². The highest BCUT2D eigenvalue weighted by Crippen LogP contribution is 2.36. The lowest BCUT2D eigenvalue weighted by molar-refractivity contribution is 0.102. The van der Waals surface area contributed by atoms with Crippen molar-refractivity contribution in [3.8, 4) is 28.6 Å². The first-order valence-electron chi connectivity index (χ1n) is 9.04. The highest BCUT2D eigenvalue weighted by Gasteiger charge is 2.15. The molecule has 0 atom stereocenters. The highest BCUT2D eigenvalue weighted by molar-refractivity contribution is 7.16. The maximum absolute atomic E-state index is 12.6. The van der Waals surface area contributed by atoms with E-state index < -0.39 is 0 Å². The van der Waals surface area contributed by atoms with E-state index in [1.165, 1.54) is 17.5 Å². The summed E-state index contributed by atoms with van der Waals surface area (Å²) in [6.45, 7) is 1.96. The number of pyridine rings is 1. The van der Waals surface area contributed by atoms with E-state index in [0.717, 1.165) is 16.1 Å². The standard InChI is InChI=1S/C21H19N5O3S/c1-13-19(14-4-6-16(28-2)17(10-14)29-3)24-21(30-13)25-20(27)15-5-7-18(23-11-15)26-9-8-22-12-26/h4-12H,1-3H3,(H,24,25,27). The summed E-state index contributed by atoms with van der Waals surface area (Å²) in [6, 6.07) is 9.09. The number of aryl methyl sites for hydroxylation is 1. The third-order valence-electron chi connectivity index (χ3n) is 4.45. The molecule has 4 aromatic rings. The van der Waals surface area contributed by atoms with Crippen LogP contribution < -0.4 is 14.8 Å². The molecule has 8 nitrogen and oxygen atoms in total. The normalized spacial score (nSPS) is 10.6. The van der Waals surface area contributed by atoms with Gasteiger partial charge in [0.15, 0.2) is 16.6 Å². The Labute approximate surface area is 177 Å². The number of ether oxygens (including phenoxy) is 2. The molecule has 9 heteroatoms. The molecular formula is C21H19N5O3S. The lowest BCUT2D eigenvalue weighted by Crippen LogP contribution is -2.12. The molecule has 0 unspecified atom stereocenters. The highest BCUT2D eigenvalue weighted by atomic mass is 32.1. The number of hydrogen-bond donors (Lipinski definition) is 1. The Morgan fingerprint density at radius 3 is 2.63 bits per heavy atom. The van der Waals surface area contributed by atoms with Gasteiger partial charge in [0, 0.05) is 29.0 Å². The molecule has 0 saturated carbocycles. The molecule has 1 aromatic carbocycles. The number of aromatic nitrogens is 4. The van der Waals surface area contributed by atoms with Crippen molar-refractivity contribution in [1.82, 2.24) is 19.5 Å². The van der Waals surface area contributed by atoms with Gasteiger partial charge in [-0.3, -0.25) is 14.7 Å². The van der Waals surface area contributed by atoms with Gasteiger partial charge >= 0.3 is 0 Å². The minimum atomic E-state index is -0.271. The number of nitrogens with zero attached hydrogens (tertiary/aromatic N) is 4. The van der Waals surface area contributed by atoms with Crippen molar-refractivity contribution in [2.75, 3.05) is 19.5 Å². The molecule has 152 valence electrons. The Balaban J connectivity index is 1.53. The monoisotopic (exact) mass is 421 g/mol. The molecule has 0 aliphatic heterocycles. The quantitative estimate of drug-likeness (QED) is 0.507. The lowest BCUT2D eigenvalue weighted by atomic mass is 10.1. The van der Waals surface area contributed by atoms with Gasteiger partial charge in [0.25, 0.3) is 5.91 Å². The van der Waals surface area contributed by atoms with Crippen molar-refractivity contribution in [1.29, 1.82) is 0 Å². The first-order valence-corrected chi connectivity index (χ1v) is 9.86. The van der Waals surface area contributed by atoms with Crippen LogP contribution in [0.15, 0.2) is 55.2 Å². The van der Waals surface area contributed by atoms with E-state index in [0.29, 0.717) is 28.0 Å². The molecule has 0 saturated heterocycles. The molecule has 3 aromatic heterocycles. The number of thiazole rings is 1. The number of imidazole rings is 1. The lowest BCUT2D eigenvalue weighted by Gasteiger charge is -2.08. The van der Waals surface area contributed by atoms with E-state index in [1.54, 1.807) is 49.6 Å². The van der Waals surface area contributed by atoms with Gasteiger partial charge in [0.1, 0.15) is 12.1 Å². The van der Waals surface area contributed by atoms with E-state index in [4.69, 9.17) is 9.47 Å². The van der Waals surface area contributed by atoms with Crippen LogP contribution in [0.5, 0.6) is 11.5 Å². The molecule has 0 aliphatic rings. The van der Waals surface area contributed by atoms with Crippen molar-refractivity contribution < 1.29 is 14.3 Å². The third-order valence-corrected chi connectivity index (χ3v) is 5.34. The minimum absolute atomic E-state index is 0.271. The van der Waals surface area contributed by atoms with Gasteiger partial charge in [-0.25, -0.2) is 15.0 Å². The van der Waals surface area contributed by atoms with Crippen molar-refractivity contribution in [2.24, 2.45) is 0 Å². The first-order chi connectivity index (χ1) is 14.6. The van der Waals surface area contributed by atoms with Gasteiger partial charge in [-0.15, -0.1) is 11.3 Å². The smallest absolute Gasteiger partial charge is 0.259 e. The Morgan fingerprint density at radius 2 is 1.97 bits per heavy atom. The molecule has 3 heterocycles. The van der Waals surface area contributed by atoms with Gasteiger partial charge in [-0.05, 0) is 37.3 Å². The fraction of sp³-hybridized carbons (Fsp3) is 0.143. The van der Waals surface area contributed by atoms with E-state index >= 15 is 0 Å². The summed E-state index contributed by atoms with van der Waals surface area (Å²) in [5, 5.41) is 3.36. The molecule has 0 aliphatic carbocycles. The average molecular weight is 421 g/mol. The molecule has 1 N–H and O–H groups in total. The number of anilines is 1. The Morgan fingerprint density at radius 1 is 1.13 bits per heavy atom. The summed E-state index contributed by atoms with van der Waals surface area (Å²) in [7, 11) is 3.18. The Kier molecular flexibility index (Phi) is 5.44. The summed E-state index contributed by atoms with van der Waals surface area (Å²) in [5.74, 6) is 1.68. The van der Waals surface area contributed by atoms with Crippen LogP contribution in [0.2, 0.25) is 0 Å². The van der Waals surface area contributed by atoms with Crippen molar-refractivity contribution >= 4 is 22.4 Å². The summed E-state index contributed by atoms with van der Waals surface area (Å²) >= 11 is 1.41. The number of rotatable bonds is 6. The Hall–Kier alpha value is -3.72. The second-order valence-electron chi connectivity index (χ2n) is 6.32.